The topological polar surface area (TPSA) is 50.2 Å². The largest absolute Gasteiger partial charge is 0.478 e. The predicted molar refractivity (Wildman–Crippen MR) is 61.5 cm³/mol. The Morgan fingerprint density at radius 3 is 2.80 bits per heavy atom. The zero-order valence-electron chi connectivity index (χ0n) is 9.15. The summed E-state index contributed by atoms with van der Waals surface area (Å²) in [5, 5.41) is 10.00. The summed E-state index contributed by atoms with van der Waals surface area (Å²) in [5.74, 6) is -0.909. The highest BCUT2D eigenvalue weighted by Crippen LogP contribution is 2.26. The number of carboxylic acids is 1. The van der Waals surface area contributed by atoms with Crippen molar-refractivity contribution in [3.8, 4) is 0 Å². The second kappa shape index (κ2) is 5.16. The molecule has 0 fully saturated rings. The Morgan fingerprint density at radius 2 is 2.27 bits per heavy atom. The van der Waals surface area contributed by atoms with Gasteiger partial charge >= 0.3 is 5.97 Å². The van der Waals surface area contributed by atoms with Crippen molar-refractivity contribution in [3.05, 3.63) is 23.4 Å². The van der Waals surface area contributed by atoms with Crippen molar-refractivity contribution in [3.63, 3.8) is 0 Å². The van der Waals surface area contributed by atoms with E-state index in [0.717, 1.165) is 12.1 Å². The maximum absolute atomic E-state index is 10.9. The Bertz CT molecular complexity index is 366. The van der Waals surface area contributed by atoms with Crippen LogP contribution in [0.5, 0.6) is 0 Å². The van der Waals surface area contributed by atoms with E-state index in [4.69, 9.17) is 5.11 Å². The number of aromatic carboxylic acids is 1. The highest BCUT2D eigenvalue weighted by Gasteiger charge is 2.14. The van der Waals surface area contributed by atoms with Crippen molar-refractivity contribution < 1.29 is 9.90 Å². The van der Waals surface area contributed by atoms with E-state index in [1.54, 1.807) is 12.1 Å². The fourth-order valence-electron chi connectivity index (χ4n) is 1.06. The van der Waals surface area contributed by atoms with Gasteiger partial charge in [-0.1, -0.05) is 13.8 Å². The molecule has 1 unspecified atom stereocenters. The number of hydrogen-bond donors (Lipinski definition) is 1. The van der Waals surface area contributed by atoms with E-state index < -0.39 is 5.97 Å². The average Bonchev–Trinajstić information content (AvgIpc) is 2.17. The summed E-state index contributed by atoms with van der Waals surface area (Å²) < 4.78 is 0. The van der Waals surface area contributed by atoms with E-state index in [9.17, 15) is 4.79 Å². The van der Waals surface area contributed by atoms with Gasteiger partial charge in [-0.15, -0.1) is 11.8 Å². The van der Waals surface area contributed by atoms with E-state index in [0.29, 0.717) is 15.8 Å². The average molecular weight is 225 g/mol. The van der Waals surface area contributed by atoms with Gasteiger partial charge in [0, 0.05) is 10.9 Å². The minimum atomic E-state index is -0.909. The maximum Gasteiger partial charge on any atom is 0.338 e. The molecule has 4 heteroatoms. The van der Waals surface area contributed by atoms with Crippen LogP contribution in [-0.4, -0.2) is 21.3 Å². The van der Waals surface area contributed by atoms with E-state index in [1.807, 2.05) is 6.92 Å². The number of thioether (sulfide) groups is 1. The molecule has 0 saturated carbocycles. The molecule has 0 aliphatic carbocycles. The van der Waals surface area contributed by atoms with Gasteiger partial charge in [0.1, 0.15) is 5.03 Å². The normalized spacial score (nSPS) is 12.5. The monoisotopic (exact) mass is 225 g/mol. The van der Waals surface area contributed by atoms with Gasteiger partial charge in [-0.25, -0.2) is 9.78 Å². The summed E-state index contributed by atoms with van der Waals surface area (Å²) >= 11 is 1.52. The molecule has 1 N–H and O–H groups in total. The molecule has 1 aromatic heterocycles. The molecule has 3 nitrogen and oxygen atoms in total. The van der Waals surface area contributed by atoms with Crippen molar-refractivity contribution in [1.29, 1.82) is 0 Å². The van der Waals surface area contributed by atoms with Crippen LogP contribution >= 0.6 is 11.8 Å². The molecule has 0 spiro atoms. The number of carboxylic acid groups (broad SMARTS) is 1. The van der Waals surface area contributed by atoms with Crippen molar-refractivity contribution in [1.82, 2.24) is 4.98 Å². The lowest BCUT2D eigenvalue weighted by Crippen LogP contribution is -2.04. The fourth-order valence-corrected chi connectivity index (χ4v) is 2.09. The summed E-state index contributed by atoms with van der Waals surface area (Å²) in [6.07, 6.45) is 0.999. The summed E-state index contributed by atoms with van der Waals surface area (Å²) in [6, 6.07) is 3.35. The summed E-state index contributed by atoms with van der Waals surface area (Å²) in [5.41, 5.74) is 1.15. The Hall–Kier alpha value is -1.03. The molecule has 1 aromatic rings. The molecular formula is C11H15NO2S. The van der Waals surface area contributed by atoms with Gasteiger partial charge in [-0.3, -0.25) is 0 Å². The molecular weight excluding hydrogens is 210 g/mol. The summed E-state index contributed by atoms with van der Waals surface area (Å²) in [4.78, 5) is 15.2. The van der Waals surface area contributed by atoms with Gasteiger partial charge in [0.15, 0.2) is 0 Å². The third-order valence-electron chi connectivity index (χ3n) is 2.12. The second-order valence-electron chi connectivity index (χ2n) is 3.45. The van der Waals surface area contributed by atoms with Crippen LogP contribution in [0.15, 0.2) is 17.2 Å². The molecule has 0 saturated heterocycles. The van der Waals surface area contributed by atoms with Crippen LogP contribution in [0.1, 0.15) is 36.3 Å². The fraction of sp³-hybridized carbons (Fsp3) is 0.455. The molecule has 0 radical (unpaired) electrons. The molecule has 15 heavy (non-hydrogen) atoms. The second-order valence-corrected chi connectivity index (χ2v) is 4.87. The molecule has 0 aliphatic rings. The van der Waals surface area contributed by atoms with Crippen LogP contribution in [0.3, 0.4) is 0 Å². The van der Waals surface area contributed by atoms with Gasteiger partial charge in [-0.2, -0.15) is 0 Å². The van der Waals surface area contributed by atoms with Gasteiger partial charge in [0.2, 0.25) is 0 Å². The van der Waals surface area contributed by atoms with E-state index in [1.165, 1.54) is 11.8 Å². The van der Waals surface area contributed by atoms with Gasteiger partial charge in [0.25, 0.3) is 0 Å². The number of nitrogens with zero attached hydrogens (tertiary/aromatic N) is 1. The van der Waals surface area contributed by atoms with Crippen LogP contribution in [0, 0.1) is 6.92 Å². The summed E-state index contributed by atoms with van der Waals surface area (Å²) in [7, 11) is 0. The van der Waals surface area contributed by atoms with E-state index in [-0.39, 0.29) is 0 Å². The first-order valence-electron chi connectivity index (χ1n) is 4.92. The highest BCUT2D eigenvalue weighted by atomic mass is 32.2. The number of aromatic nitrogens is 1. The molecule has 1 heterocycles. The lowest BCUT2D eigenvalue weighted by atomic mass is 10.2. The first kappa shape index (κ1) is 12.0. The number of rotatable bonds is 4. The van der Waals surface area contributed by atoms with E-state index in [2.05, 4.69) is 18.8 Å². The van der Waals surface area contributed by atoms with Crippen molar-refractivity contribution in [2.45, 2.75) is 37.5 Å². The predicted octanol–water partition coefficient (Wildman–Crippen LogP) is 2.98. The van der Waals surface area contributed by atoms with Crippen LogP contribution < -0.4 is 0 Å². The third-order valence-corrected chi connectivity index (χ3v) is 3.39. The van der Waals surface area contributed by atoms with Crippen LogP contribution in [0.2, 0.25) is 0 Å². The van der Waals surface area contributed by atoms with Crippen molar-refractivity contribution in [2.75, 3.05) is 0 Å². The quantitative estimate of drug-likeness (QED) is 0.800. The Labute approximate surface area is 93.9 Å². The lowest BCUT2D eigenvalue weighted by Gasteiger charge is -2.10. The Kier molecular flexibility index (Phi) is 4.15. The molecule has 1 atom stereocenters. The first-order valence-corrected chi connectivity index (χ1v) is 5.80. The maximum atomic E-state index is 10.9. The first-order chi connectivity index (χ1) is 7.04. The number of hydrogen-bond acceptors (Lipinski definition) is 3. The van der Waals surface area contributed by atoms with Gasteiger partial charge in [-0.05, 0) is 25.5 Å². The molecule has 0 bridgehead atoms. The smallest absolute Gasteiger partial charge is 0.338 e. The zero-order valence-corrected chi connectivity index (χ0v) is 9.97. The number of carbonyl (C=O) groups is 1. The molecule has 0 amide bonds. The third kappa shape index (κ3) is 3.23. The standard InChI is InChI=1S/C11H15NO2S/c1-4-8(3)15-10-9(11(13)14)6-5-7(2)12-10/h5-6,8H,4H2,1-3H3,(H,13,14). The Morgan fingerprint density at radius 1 is 1.60 bits per heavy atom. The van der Waals surface area contributed by atoms with Crippen molar-refractivity contribution >= 4 is 17.7 Å². The highest BCUT2D eigenvalue weighted by molar-refractivity contribution is 7.99. The SMILES string of the molecule is CCC(C)Sc1nc(C)ccc1C(=O)O. The molecule has 1 rings (SSSR count). The minimum absolute atomic E-state index is 0.297. The number of pyridine rings is 1. The number of aryl methyl sites for hydroxylation is 1. The summed E-state index contributed by atoms with van der Waals surface area (Å²) in [6.45, 7) is 6.01. The lowest BCUT2D eigenvalue weighted by molar-refractivity contribution is 0.0692. The van der Waals surface area contributed by atoms with Crippen molar-refractivity contribution in [2.24, 2.45) is 0 Å². The Balaban J connectivity index is 3.02. The molecule has 82 valence electrons. The molecule has 0 aromatic carbocycles. The van der Waals surface area contributed by atoms with Crippen LogP contribution in [0.4, 0.5) is 0 Å². The van der Waals surface area contributed by atoms with Crippen LogP contribution in [-0.2, 0) is 0 Å². The molecule has 0 aliphatic heterocycles. The van der Waals surface area contributed by atoms with Gasteiger partial charge < -0.3 is 5.11 Å². The zero-order chi connectivity index (χ0) is 11.4. The van der Waals surface area contributed by atoms with Crippen LogP contribution in [0.25, 0.3) is 0 Å². The minimum Gasteiger partial charge on any atom is -0.478 e. The van der Waals surface area contributed by atoms with Gasteiger partial charge in [0.05, 0.1) is 5.56 Å². The van der Waals surface area contributed by atoms with E-state index >= 15 is 0 Å².